The van der Waals surface area contributed by atoms with Crippen molar-refractivity contribution in [3.63, 3.8) is 0 Å². The van der Waals surface area contributed by atoms with Gasteiger partial charge in [-0.25, -0.2) is 4.98 Å². The molecule has 0 fully saturated rings. The molecule has 3 rings (SSSR count). The van der Waals surface area contributed by atoms with Gasteiger partial charge in [0, 0.05) is 5.56 Å². The molecule has 0 N–H and O–H groups in total. The summed E-state index contributed by atoms with van der Waals surface area (Å²) in [5, 5.41) is 0.206. The number of rotatable bonds is 2. The summed E-state index contributed by atoms with van der Waals surface area (Å²) in [4.78, 5) is 22.5. The minimum absolute atomic E-state index is 0.00719. The molecule has 0 saturated heterocycles. The summed E-state index contributed by atoms with van der Waals surface area (Å²) in [6.45, 7) is 3.58. The van der Waals surface area contributed by atoms with Gasteiger partial charge >= 0.3 is 0 Å². The van der Waals surface area contributed by atoms with Crippen LogP contribution in [-0.4, -0.2) is 23.0 Å². The highest BCUT2D eigenvalue weighted by Gasteiger charge is 2.48. The van der Waals surface area contributed by atoms with Crippen LogP contribution in [0.1, 0.15) is 19.4 Å². The molecule has 1 aliphatic rings. The zero-order valence-corrected chi connectivity index (χ0v) is 13.7. The molecule has 0 atom stereocenters. The molecule has 114 valence electrons. The van der Waals surface area contributed by atoms with Crippen LogP contribution in [-0.2, 0) is 10.2 Å². The van der Waals surface area contributed by atoms with Crippen LogP contribution >= 0.6 is 23.2 Å². The molecule has 0 radical (unpaired) electrons. The van der Waals surface area contributed by atoms with Gasteiger partial charge in [0.2, 0.25) is 11.2 Å². The Morgan fingerprint density at radius 1 is 1.14 bits per heavy atom. The van der Waals surface area contributed by atoms with Crippen LogP contribution in [0.5, 0.6) is 5.75 Å². The number of nitrogens with zero attached hydrogens (tertiary/aromatic N) is 3. The lowest BCUT2D eigenvalue weighted by molar-refractivity contribution is -0.121. The second kappa shape index (κ2) is 5.11. The van der Waals surface area contributed by atoms with Gasteiger partial charge in [-0.3, -0.25) is 9.69 Å². The molecule has 0 bridgehead atoms. The van der Waals surface area contributed by atoms with Crippen molar-refractivity contribution < 1.29 is 9.53 Å². The Balaban J connectivity index is 2.20. The van der Waals surface area contributed by atoms with E-state index in [1.54, 1.807) is 45.2 Å². The highest BCUT2D eigenvalue weighted by atomic mass is 35.5. The Morgan fingerprint density at radius 2 is 1.77 bits per heavy atom. The lowest BCUT2D eigenvalue weighted by atomic mass is 9.88. The molecule has 1 aromatic carbocycles. The maximum Gasteiger partial charge on any atom is 0.243 e. The summed E-state index contributed by atoms with van der Waals surface area (Å²) in [6.07, 6.45) is 0. The highest BCUT2D eigenvalue weighted by Crippen LogP contribution is 2.47. The molecule has 2 aromatic rings. The molecule has 5 nitrogen and oxygen atoms in total. The first kappa shape index (κ1) is 15.1. The van der Waals surface area contributed by atoms with Crippen molar-refractivity contribution in [2.45, 2.75) is 19.3 Å². The maximum absolute atomic E-state index is 12.8. The first-order valence-corrected chi connectivity index (χ1v) is 7.34. The topological polar surface area (TPSA) is 55.3 Å². The van der Waals surface area contributed by atoms with Crippen LogP contribution in [0, 0.1) is 0 Å². The number of carbonyl (C=O) groups is 1. The number of aromatic nitrogens is 2. The molecule has 22 heavy (non-hydrogen) atoms. The van der Waals surface area contributed by atoms with Gasteiger partial charge in [0.05, 0.1) is 18.2 Å². The summed E-state index contributed by atoms with van der Waals surface area (Å²) >= 11 is 12.1. The molecule has 0 saturated carbocycles. The Morgan fingerprint density at radius 3 is 2.36 bits per heavy atom. The predicted molar refractivity (Wildman–Crippen MR) is 85.2 cm³/mol. The van der Waals surface area contributed by atoms with Crippen molar-refractivity contribution in [3.8, 4) is 5.75 Å². The molecule has 2 heterocycles. The van der Waals surface area contributed by atoms with Gasteiger partial charge in [0.25, 0.3) is 0 Å². The third-order valence-corrected chi connectivity index (χ3v) is 4.17. The Kier molecular flexibility index (Phi) is 3.50. The monoisotopic (exact) mass is 337 g/mol. The fourth-order valence-corrected chi connectivity index (χ4v) is 3.16. The number of benzene rings is 1. The third-order valence-electron chi connectivity index (χ3n) is 3.72. The Labute approximate surface area is 137 Å². The van der Waals surface area contributed by atoms with E-state index in [9.17, 15) is 4.79 Å². The van der Waals surface area contributed by atoms with E-state index < -0.39 is 5.41 Å². The van der Waals surface area contributed by atoms with Gasteiger partial charge in [0.15, 0.2) is 5.82 Å². The van der Waals surface area contributed by atoms with Crippen molar-refractivity contribution >= 4 is 40.6 Å². The van der Waals surface area contributed by atoms with Crippen LogP contribution in [0.25, 0.3) is 0 Å². The number of amides is 1. The molecule has 1 aliphatic heterocycles. The minimum atomic E-state index is -0.822. The van der Waals surface area contributed by atoms with Crippen molar-refractivity contribution in [1.29, 1.82) is 0 Å². The second-order valence-corrected chi connectivity index (χ2v) is 6.14. The van der Waals surface area contributed by atoms with E-state index in [0.717, 1.165) is 0 Å². The zero-order valence-electron chi connectivity index (χ0n) is 12.2. The lowest BCUT2D eigenvalue weighted by Gasteiger charge is -2.19. The standard InChI is InChI=1S/C15H13Cl2N3O2/c1-15(2)10-11(16)18-14(17)19-12(10)20(13(15)21)8-4-6-9(22-3)7-5-8/h4-7H,1-3H3. The van der Waals surface area contributed by atoms with E-state index in [-0.39, 0.29) is 16.3 Å². The quantitative estimate of drug-likeness (QED) is 0.618. The van der Waals surface area contributed by atoms with Crippen molar-refractivity contribution in [3.05, 3.63) is 40.3 Å². The lowest BCUT2D eigenvalue weighted by Crippen LogP contribution is -2.33. The van der Waals surface area contributed by atoms with Crippen LogP contribution < -0.4 is 9.64 Å². The average molecular weight is 338 g/mol. The van der Waals surface area contributed by atoms with Gasteiger partial charge in [-0.05, 0) is 49.7 Å². The van der Waals surface area contributed by atoms with Crippen molar-refractivity contribution in [1.82, 2.24) is 9.97 Å². The number of hydrogen-bond donors (Lipinski definition) is 0. The fraction of sp³-hybridized carbons (Fsp3) is 0.267. The van der Waals surface area contributed by atoms with Crippen LogP contribution in [0.4, 0.5) is 11.5 Å². The second-order valence-electron chi connectivity index (χ2n) is 5.45. The van der Waals surface area contributed by atoms with E-state index in [0.29, 0.717) is 22.8 Å². The SMILES string of the molecule is COc1ccc(N2C(=O)C(C)(C)c3c(Cl)nc(Cl)nc32)cc1. The van der Waals surface area contributed by atoms with Gasteiger partial charge in [-0.15, -0.1) is 0 Å². The van der Waals surface area contributed by atoms with Crippen LogP contribution in [0.15, 0.2) is 24.3 Å². The summed E-state index contributed by atoms with van der Waals surface area (Å²) in [6, 6.07) is 7.12. The number of fused-ring (bicyclic) bond motifs is 1. The molecular weight excluding hydrogens is 325 g/mol. The summed E-state index contributed by atoms with van der Waals surface area (Å²) in [7, 11) is 1.58. The minimum Gasteiger partial charge on any atom is -0.497 e. The van der Waals surface area contributed by atoms with E-state index in [1.165, 1.54) is 4.90 Å². The van der Waals surface area contributed by atoms with E-state index in [1.807, 2.05) is 0 Å². The van der Waals surface area contributed by atoms with Gasteiger partial charge < -0.3 is 4.74 Å². The van der Waals surface area contributed by atoms with Gasteiger partial charge in [-0.1, -0.05) is 11.6 Å². The molecule has 0 spiro atoms. The third kappa shape index (κ3) is 2.12. The van der Waals surface area contributed by atoms with E-state index in [2.05, 4.69) is 9.97 Å². The smallest absolute Gasteiger partial charge is 0.243 e. The summed E-state index contributed by atoms with van der Waals surface area (Å²) < 4.78 is 5.14. The number of carbonyl (C=O) groups excluding carboxylic acids is 1. The van der Waals surface area contributed by atoms with E-state index >= 15 is 0 Å². The molecule has 1 amide bonds. The average Bonchev–Trinajstić information content (AvgIpc) is 2.66. The maximum atomic E-state index is 12.8. The van der Waals surface area contributed by atoms with Gasteiger partial charge in [-0.2, -0.15) is 4.98 Å². The number of methoxy groups -OCH3 is 1. The normalized spacial score (nSPS) is 15.9. The summed E-state index contributed by atoms with van der Waals surface area (Å²) in [5.74, 6) is 0.991. The first-order chi connectivity index (χ1) is 10.4. The number of halogens is 2. The molecule has 0 unspecified atom stereocenters. The summed E-state index contributed by atoms with van der Waals surface area (Å²) in [5.41, 5.74) is 0.430. The molecular formula is C15H13Cl2N3O2. The zero-order chi connectivity index (χ0) is 16.1. The predicted octanol–water partition coefficient (Wildman–Crippen LogP) is 3.75. The Hall–Kier alpha value is -1.85. The molecule has 7 heteroatoms. The van der Waals surface area contributed by atoms with E-state index in [4.69, 9.17) is 27.9 Å². The molecule has 1 aromatic heterocycles. The van der Waals surface area contributed by atoms with Crippen molar-refractivity contribution in [2.75, 3.05) is 12.0 Å². The largest absolute Gasteiger partial charge is 0.497 e. The van der Waals surface area contributed by atoms with Crippen LogP contribution in [0.2, 0.25) is 10.4 Å². The Bertz CT molecular complexity index is 760. The van der Waals surface area contributed by atoms with Crippen molar-refractivity contribution in [2.24, 2.45) is 0 Å². The highest BCUT2D eigenvalue weighted by molar-refractivity contribution is 6.34. The fourth-order valence-electron chi connectivity index (χ4n) is 2.55. The van der Waals surface area contributed by atoms with Crippen LogP contribution in [0.3, 0.4) is 0 Å². The number of ether oxygens (including phenoxy) is 1. The van der Waals surface area contributed by atoms with Gasteiger partial charge in [0.1, 0.15) is 10.9 Å². The number of hydrogen-bond acceptors (Lipinski definition) is 4. The number of anilines is 2. The molecule has 0 aliphatic carbocycles. The first-order valence-electron chi connectivity index (χ1n) is 6.58.